The van der Waals surface area contributed by atoms with Gasteiger partial charge in [-0.05, 0) is 45.4 Å². The molecule has 0 aromatic carbocycles. The molecule has 1 aromatic heterocycles. The average Bonchev–Trinajstić information content (AvgIpc) is 3.31. The maximum atomic E-state index is 11.9. The van der Waals surface area contributed by atoms with Gasteiger partial charge in [0, 0.05) is 31.5 Å². The number of ether oxygens (including phenoxy) is 1. The molecule has 1 aliphatic rings. The fraction of sp³-hybridized carbons (Fsp3) is 0.750. The van der Waals surface area contributed by atoms with E-state index < -0.39 is 0 Å². The van der Waals surface area contributed by atoms with Gasteiger partial charge in [0.05, 0.1) is 12.2 Å². The first-order valence-corrected chi connectivity index (χ1v) is 10.4. The van der Waals surface area contributed by atoms with Gasteiger partial charge in [0.2, 0.25) is 0 Å². The lowest BCUT2D eigenvalue weighted by Crippen LogP contribution is -2.38. The molecule has 152 valence electrons. The molecule has 7 nitrogen and oxygen atoms in total. The third-order valence-electron chi connectivity index (χ3n) is 4.80. The van der Waals surface area contributed by atoms with Gasteiger partial charge in [-0.2, -0.15) is 0 Å². The molecule has 7 heteroatoms. The monoisotopic (exact) mass is 378 g/mol. The second kappa shape index (κ2) is 11.6. The topological polar surface area (TPSA) is 88.8 Å². The predicted octanol–water partition coefficient (Wildman–Crippen LogP) is 3.12. The van der Waals surface area contributed by atoms with Crippen molar-refractivity contribution in [3.63, 3.8) is 0 Å². The molecule has 0 bridgehead atoms. The van der Waals surface area contributed by atoms with Crippen LogP contribution in [0.25, 0.3) is 0 Å². The lowest BCUT2D eigenvalue weighted by molar-refractivity contribution is -0.148. The second-order valence-electron chi connectivity index (χ2n) is 6.86. The molecule has 1 fully saturated rings. The van der Waals surface area contributed by atoms with Gasteiger partial charge in [-0.1, -0.05) is 19.0 Å². The van der Waals surface area contributed by atoms with E-state index in [1.54, 1.807) is 0 Å². The number of hydrogen-bond donors (Lipinski definition) is 2. The van der Waals surface area contributed by atoms with Crippen molar-refractivity contribution < 1.29 is 14.1 Å². The average molecular weight is 379 g/mol. The lowest BCUT2D eigenvalue weighted by Gasteiger charge is -2.13. The molecule has 0 atom stereocenters. The van der Waals surface area contributed by atoms with Gasteiger partial charge in [0.25, 0.3) is 0 Å². The fourth-order valence-corrected chi connectivity index (χ4v) is 3.31. The molecule has 0 unspecified atom stereocenters. The summed E-state index contributed by atoms with van der Waals surface area (Å²) < 4.78 is 10.9. The summed E-state index contributed by atoms with van der Waals surface area (Å²) in [6.45, 7) is 8.15. The van der Waals surface area contributed by atoms with Crippen LogP contribution in [0.5, 0.6) is 0 Å². The standard InChI is InChI=1S/C20H34N4O3/c1-4-17-16(18(5-2)27-24-17)14-23-20(21-6-3)22-13-9-12-19(25)26-15-10-7-8-11-15/h15H,4-14H2,1-3H3,(H2,21,22,23). The van der Waals surface area contributed by atoms with Crippen LogP contribution in [0.15, 0.2) is 9.52 Å². The maximum Gasteiger partial charge on any atom is 0.306 e. The molecule has 27 heavy (non-hydrogen) atoms. The van der Waals surface area contributed by atoms with E-state index >= 15 is 0 Å². The number of nitrogens with zero attached hydrogens (tertiary/aromatic N) is 2. The molecule has 1 aliphatic carbocycles. The van der Waals surface area contributed by atoms with Crippen LogP contribution in [0, 0.1) is 0 Å². The Morgan fingerprint density at radius 1 is 1.22 bits per heavy atom. The largest absolute Gasteiger partial charge is 0.462 e. The van der Waals surface area contributed by atoms with Crippen LogP contribution < -0.4 is 10.6 Å². The first-order valence-electron chi connectivity index (χ1n) is 10.4. The molecule has 2 N–H and O–H groups in total. The SMILES string of the molecule is CCNC(=NCc1c(CC)noc1CC)NCCCC(=O)OC1CCCC1. The van der Waals surface area contributed by atoms with Crippen LogP contribution in [-0.2, 0) is 28.9 Å². The Labute approximate surface area is 162 Å². The zero-order chi connectivity index (χ0) is 19.5. The third kappa shape index (κ3) is 6.88. The van der Waals surface area contributed by atoms with Crippen LogP contribution in [0.4, 0.5) is 0 Å². The molecule has 2 rings (SSSR count). The number of esters is 1. The zero-order valence-corrected chi connectivity index (χ0v) is 17.0. The van der Waals surface area contributed by atoms with Gasteiger partial charge in [-0.3, -0.25) is 4.79 Å². The van der Waals surface area contributed by atoms with Crippen LogP contribution in [0.1, 0.15) is 76.3 Å². The van der Waals surface area contributed by atoms with Crippen molar-refractivity contribution in [2.45, 2.75) is 84.8 Å². The molecule has 0 aliphatic heterocycles. The molecule has 0 radical (unpaired) electrons. The van der Waals surface area contributed by atoms with E-state index in [-0.39, 0.29) is 12.1 Å². The molecule has 0 saturated heterocycles. The summed E-state index contributed by atoms with van der Waals surface area (Å²) in [6.07, 6.45) is 7.34. The van der Waals surface area contributed by atoms with Crippen molar-refractivity contribution in [3.8, 4) is 0 Å². The summed E-state index contributed by atoms with van der Waals surface area (Å²) in [7, 11) is 0. The Morgan fingerprint density at radius 3 is 2.67 bits per heavy atom. The number of carbonyl (C=O) groups excluding carboxylic acids is 1. The van der Waals surface area contributed by atoms with E-state index in [4.69, 9.17) is 9.26 Å². The van der Waals surface area contributed by atoms with E-state index in [1.165, 1.54) is 12.8 Å². The molecule has 1 saturated carbocycles. The summed E-state index contributed by atoms with van der Waals surface area (Å²) in [5, 5.41) is 10.7. The van der Waals surface area contributed by atoms with Crippen molar-refractivity contribution in [1.29, 1.82) is 0 Å². The Kier molecular flexibility index (Phi) is 9.15. The Balaban J connectivity index is 1.78. The highest BCUT2D eigenvalue weighted by molar-refractivity contribution is 5.79. The van der Waals surface area contributed by atoms with E-state index in [0.29, 0.717) is 19.5 Å². The Bertz CT molecular complexity index is 585. The summed E-state index contributed by atoms with van der Waals surface area (Å²) in [6, 6.07) is 0. The molecule has 1 heterocycles. The van der Waals surface area contributed by atoms with E-state index in [1.807, 2.05) is 6.92 Å². The van der Waals surface area contributed by atoms with Crippen molar-refractivity contribution in [2.24, 2.45) is 4.99 Å². The van der Waals surface area contributed by atoms with Crippen molar-refractivity contribution in [3.05, 3.63) is 17.0 Å². The second-order valence-corrected chi connectivity index (χ2v) is 6.86. The van der Waals surface area contributed by atoms with Crippen LogP contribution in [0.3, 0.4) is 0 Å². The number of aryl methyl sites for hydroxylation is 2. The lowest BCUT2D eigenvalue weighted by atomic mass is 10.1. The highest BCUT2D eigenvalue weighted by Gasteiger charge is 2.18. The first-order chi connectivity index (χ1) is 13.2. The molecular weight excluding hydrogens is 344 g/mol. The van der Waals surface area contributed by atoms with Gasteiger partial charge >= 0.3 is 5.97 Å². The summed E-state index contributed by atoms with van der Waals surface area (Å²) in [4.78, 5) is 16.5. The minimum Gasteiger partial charge on any atom is -0.462 e. The van der Waals surface area contributed by atoms with Crippen LogP contribution in [-0.4, -0.2) is 36.3 Å². The number of nitrogens with one attached hydrogen (secondary N) is 2. The third-order valence-corrected chi connectivity index (χ3v) is 4.80. The molecule has 1 aromatic rings. The number of rotatable bonds is 10. The maximum absolute atomic E-state index is 11.9. The van der Waals surface area contributed by atoms with Crippen molar-refractivity contribution >= 4 is 11.9 Å². The Morgan fingerprint density at radius 2 is 2.00 bits per heavy atom. The van der Waals surface area contributed by atoms with E-state index in [0.717, 1.165) is 61.6 Å². The quantitative estimate of drug-likeness (QED) is 0.281. The van der Waals surface area contributed by atoms with Crippen LogP contribution >= 0.6 is 0 Å². The van der Waals surface area contributed by atoms with Gasteiger partial charge in [0.15, 0.2) is 5.96 Å². The van der Waals surface area contributed by atoms with E-state index in [9.17, 15) is 4.79 Å². The fourth-order valence-electron chi connectivity index (χ4n) is 3.31. The smallest absolute Gasteiger partial charge is 0.306 e. The number of aliphatic imine (C=N–C) groups is 1. The number of guanidine groups is 1. The minimum absolute atomic E-state index is 0.0877. The van der Waals surface area contributed by atoms with Crippen molar-refractivity contribution in [2.75, 3.05) is 13.1 Å². The van der Waals surface area contributed by atoms with Gasteiger partial charge in [0.1, 0.15) is 11.9 Å². The minimum atomic E-state index is -0.0877. The molecule has 0 amide bonds. The highest BCUT2D eigenvalue weighted by Crippen LogP contribution is 2.21. The number of carbonyl (C=O) groups is 1. The Hall–Kier alpha value is -2.05. The van der Waals surface area contributed by atoms with Gasteiger partial charge in [-0.15, -0.1) is 0 Å². The normalized spacial score (nSPS) is 15.1. The molecular formula is C20H34N4O3. The summed E-state index contributed by atoms with van der Waals surface area (Å²) in [5.41, 5.74) is 2.05. The van der Waals surface area contributed by atoms with E-state index in [2.05, 4.69) is 34.6 Å². The van der Waals surface area contributed by atoms with Crippen molar-refractivity contribution in [1.82, 2.24) is 15.8 Å². The summed E-state index contributed by atoms with van der Waals surface area (Å²) in [5.74, 6) is 1.56. The highest BCUT2D eigenvalue weighted by atomic mass is 16.5. The first kappa shape index (κ1) is 21.3. The molecule has 0 spiro atoms. The van der Waals surface area contributed by atoms with Crippen LogP contribution in [0.2, 0.25) is 0 Å². The zero-order valence-electron chi connectivity index (χ0n) is 17.0. The van der Waals surface area contributed by atoms with Gasteiger partial charge < -0.3 is 19.9 Å². The number of aromatic nitrogens is 1. The summed E-state index contributed by atoms with van der Waals surface area (Å²) >= 11 is 0. The predicted molar refractivity (Wildman–Crippen MR) is 106 cm³/mol. The number of hydrogen-bond acceptors (Lipinski definition) is 5. The van der Waals surface area contributed by atoms with Gasteiger partial charge in [-0.25, -0.2) is 4.99 Å².